The molecule has 0 unspecified atom stereocenters. The van der Waals surface area contributed by atoms with Gasteiger partial charge in [-0.25, -0.2) is 9.97 Å². The van der Waals surface area contributed by atoms with Crippen LogP contribution in [0.2, 0.25) is 10.0 Å². The summed E-state index contributed by atoms with van der Waals surface area (Å²) >= 11 is 15.4. The lowest BCUT2D eigenvalue weighted by atomic mass is 10.1. The number of hydrogen-bond donors (Lipinski definition) is 0. The van der Waals surface area contributed by atoms with Crippen molar-refractivity contribution in [1.82, 2.24) is 9.97 Å². The molecule has 0 radical (unpaired) electrons. The molecule has 1 aromatic carbocycles. The minimum absolute atomic E-state index is 0.588. The molecule has 2 rings (SSSR count). The molecule has 88 valence electrons. The Labute approximate surface area is 118 Å². The molecule has 0 aliphatic heterocycles. The fraction of sp³-hybridized carbons (Fsp3) is 0.167. The molecule has 0 amide bonds. The largest absolute Gasteiger partial charge is 0.233 e. The van der Waals surface area contributed by atoms with E-state index in [9.17, 15) is 0 Å². The molecule has 0 spiro atoms. The molecular weight excluding hydrogens is 323 g/mol. The van der Waals surface area contributed by atoms with Gasteiger partial charge in [-0.2, -0.15) is 0 Å². The van der Waals surface area contributed by atoms with Crippen molar-refractivity contribution in [3.63, 3.8) is 0 Å². The van der Waals surface area contributed by atoms with Gasteiger partial charge in [0.25, 0.3) is 0 Å². The predicted molar refractivity (Wildman–Crippen MR) is 74.6 cm³/mol. The third-order valence-electron chi connectivity index (χ3n) is 2.26. The van der Waals surface area contributed by atoms with Crippen LogP contribution in [-0.2, 0) is 6.42 Å². The van der Waals surface area contributed by atoms with Crippen LogP contribution in [0.5, 0.6) is 0 Å². The maximum atomic E-state index is 6.15. The topological polar surface area (TPSA) is 25.8 Å². The standard InChI is InChI=1S/C12H9BrCl2N2/c1-2-12-16-10(6-11(13)17-12)8-4-3-7(14)5-9(8)15/h3-6H,2H2,1H3. The molecule has 0 saturated carbocycles. The summed E-state index contributed by atoms with van der Waals surface area (Å²) in [6, 6.07) is 7.21. The number of nitrogens with zero attached hydrogens (tertiary/aromatic N) is 2. The smallest absolute Gasteiger partial charge is 0.130 e. The maximum Gasteiger partial charge on any atom is 0.130 e. The van der Waals surface area contributed by atoms with Gasteiger partial charge in [0.1, 0.15) is 10.4 Å². The van der Waals surface area contributed by atoms with Gasteiger partial charge in [-0.05, 0) is 40.2 Å². The Kier molecular flexibility index (Phi) is 4.02. The van der Waals surface area contributed by atoms with Crippen LogP contribution in [-0.4, -0.2) is 9.97 Å². The van der Waals surface area contributed by atoms with Crippen molar-refractivity contribution in [2.75, 3.05) is 0 Å². The molecule has 1 heterocycles. The van der Waals surface area contributed by atoms with Gasteiger partial charge in [0.05, 0.1) is 10.7 Å². The van der Waals surface area contributed by atoms with Crippen molar-refractivity contribution in [2.45, 2.75) is 13.3 Å². The average Bonchev–Trinajstić information content (AvgIpc) is 2.28. The maximum absolute atomic E-state index is 6.15. The molecule has 0 aliphatic rings. The Morgan fingerprint density at radius 1 is 1.18 bits per heavy atom. The van der Waals surface area contributed by atoms with E-state index in [2.05, 4.69) is 25.9 Å². The summed E-state index contributed by atoms with van der Waals surface area (Å²) in [6.07, 6.45) is 0.775. The lowest BCUT2D eigenvalue weighted by molar-refractivity contribution is 0.932. The Bertz CT molecular complexity index is 558. The Morgan fingerprint density at radius 3 is 2.59 bits per heavy atom. The molecule has 0 N–H and O–H groups in total. The highest BCUT2D eigenvalue weighted by Gasteiger charge is 2.08. The molecule has 0 fully saturated rings. The van der Waals surface area contributed by atoms with Gasteiger partial charge < -0.3 is 0 Å². The van der Waals surface area contributed by atoms with Gasteiger partial charge in [-0.3, -0.25) is 0 Å². The highest BCUT2D eigenvalue weighted by molar-refractivity contribution is 9.10. The van der Waals surface area contributed by atoms with E-state index in [-0.39, 0.29) is 0 Å². The summed E-state index contributed by atoms with van der Waals surface area (Å²) in [6.45, 7) is 2.01. The van der Waals surface area contributed by atoms with Crippen LogP contribution in [0.4, 0.5) is 0 Å². The zero-order valence-corrected chi connectivity index (χ0v) is 12.1. The van der Waals surface area contributed by atoms with E-state index in [4.69, 9.17) is 23.2 Å². The van der Waals surface area contributed by atoms with Crippen LogP contribution in [0.25, 0.3) is 11.3 Å². The van der Waals surface area contributed by atoms with E-state index < -0.39 is 0 Å². The number of rotatable bonds is 2. The summed E-state index contributed by atoms with van der Waals surface area (Å²) in [4.78, 5) is 8.71. The molecule has 0 atom stereocenters. The summed E-state index contributed by atoms with van der Waals surface area (Å²) in [5, 5.41) is 1.20. The van der Waals surface area contributed by atoms with Gasteiger partial charge in [-0.15, -0.1) is 0 Å². The summed E-state index contributed by atoms with van der Waals surface area (Å²) in [5.74, 6) is 0.778. The van der Waals surface area contributed by atoms with Gasteiger partial charge in [0, 0.05) is 17.0 Å². The lowest BCUT2D eigenvalue weighted by Gasteiger charge is -2.06. The van der Waals surface area contributed by atoms with Gasteiger partial charge in [0.15, 0.2) is 0 Å². The molecule has 2 aromatic rings. The fourth-order valence-corrected chi connectivity index (χ4v) is 2.38. The van der Waals surface area contributed by atoms with Crippen molar-refractivity contribution in [3.8, 4) is 11.3 Å². The average molecular weight is 332 g/mol. The van der Waals surface area contributed by atoms with Crippen molar-refractivity contribution < 1.29 is 0 Å². The third-order valence-corrected chi connectivity index (χ3v) is 3.22. The molecule has 17 heavy (non-hydrogen) atoms. The van der Waals surface area contributed by atoms with E-state index >= 15 is 0 Å². The number of aromatic nitrogens is 2. The second-order valence-corrected chi connectivity index (χ2v) is 5.13. The number of aryl methyl sites for hydroxylation is 1. The van der Waals surface area contributed by atoms with Crippen molar-refractivity contribution in [1.29, 1.82) is 0 Å². The second-order valence-electron chi connectivity index (χ2n) is 3.47. The van der Waals surface area contributed by atoms with E-state index in [0.29, 0.717) is 10.0 Å². The SMILES string of the molecule is CCc1nc(Br)cc(-c2ccc(Cl)cc2Cl)n1. The fourth-order valence-electron chi connectivity index (χ4n) is 1.46. The van der Waals surface area contributed by atoms with Gasteiger partial charge in [-0.1, -0.05) is 30.1 Å². The number of hydrogen-bond acceptors (Lipinski definition) is 2. The highest BCUT2D eigenvalue weighted by Crippen LogP contribution is 2.30. The molecule has 0 aliphatic carbocycles. The van der Waals surface area contributed by atoms with Gasteiger partial charge in [0.2, 0.25) is 0 Å². The third kappa shape index (κ3) is 2.97. The van der Waals surface area contributed by atoms with E-state index in [1.54, 1.807) is 12.1 Å². The first-order chi connectivity index (χ1) is 8.10. The van der Waals surface area contributed by atoms with Crippen LogP contribution in [0.15, 0.2) is 28.9 Å². The summed E-state index contributed by atoms with van der Waals surface area (Å²) < 4.78 is 0.755. The minimum Gasteiger partial charge on any atom is -0.233 e. The van der Waals surface area contributed by atoms with Crippen LogP contribution in [0, 0.1) is 0 Å². The quantitative estimate of drug-likeness (QED) is 0.740. The van der Waals surface area contributed by atoms with Crippen LogP contribution < -0.4 is 0 Å². The molecule has 0 saturated heterocycles. The number of benzene rings is 1. The lowest BCUT2D eigenvalue weighted by Crippen LogP contribution is -1.96. The molecule has 5 heteroatoms. The molecular formula is C12H9BrCl2N2. The monoisotopic (exact) mass is 330 g/mol. The van der Waals surface area contributed by atoms with Crippen molar-refractivity contribution in [2.24, 2.45) is 0 Å². The zero-order chi connectivity index (χ0) is 12.4. The highest BCUT2D eigenvalue weighted by atomic mass is 79.9. The summed E-state index contributed by atoms with van der Waals surface area (Å²) in [5.41, 5.74) is 1.65. The first-order valence-corrected chi connectivity index (χ1v) is 6.64. The molecule has 1 aromatic heterocycles. The molecule has 2 nitrogen and oxygen atoms in total. The van der Waals surface area contributed by atoms with Crippen molar-refractivity contribution >= 4 is 39.1 Å². The minimum atomic E-state index is 0.588. The van der Waals surface area contributed by atoms with Crippen LogP contribution >= 0.6 is 39.1 Å². The Morgan fingerprint density at radius 2 is 1.94 bits per heavy atom. The predicted octanol–water partition coefficient (Wildman–Crippen LogP) is 4.78. The summed E-state index contributed by atoms with van der Waals surface area (Å²) in [7, 11) is 0. The van der Waals surface area contributed by atoms with Crippen molar-refractivity contribution in [3.05, 3.63) is 44.7 Å². The van der Waals surface area contributed by atoms with E-state index in [0.717, 1.165) is 28.1 Å². The normalized spacial score (nSPS) is 10.6. The van der Waals surface area contributed by atoms with E-state index in [1.807, 2.05) is 19.1 Å². The van der Waals surface area contributed by atoms with Gasteiger partial charge >= 0.3 is 0 Å². The first-order valence-electron chi connectivity index (χ1n) is 5.09. The number of halogens is 3. The van der Waals surface area contributed by atoms with Crippen LogP contribution in [0.3, 0.4) is 0 Å². The first kappa shape index (κ1) is 12.8. The van der Waals surface area contributed by atoms with E-state index in [1.165, 1.54) is 0 Å². The van der Waals surface area contributed by atoms with Crippen LogP contribution in [0.1, 0.15) is 12.7 Å². The Balaban J connectivity index is 2.55. The Hall–Kier alpha value is -0.640. The second kappa shape index (κ2) is 5.34. The zero-order valence-electron chi connectivity index (χ0n) is 9.04. The molecule has 0 bridgehead atoms.